The second kappa shape index (κ2) is 6.13. The summed E-state index contributed by atoms with van der Waals surface area (Å²) in [7, 11) is -3.62. The quantitative estimate of drug-likeness (QED) is 0.731. The van der Waals surface area contributed by atoms with Gasteiger partial charge in [-0.15, -0.1) is 0 Å². The van der Waals surface area contributed by atoms with Crippen LogP contribution in [0.1, 0.15) is 26.2 Å². The fourth-order valence-electron chi connectivity index (χ4n) is 2.45. The van der Waals surface area contributed by atoms with Crippen molar-refractivity contribution in [3.63, 3.8) is 0 Å². The van der Waals surface area contributed by atoms with Crippen molar-refractivity contribution in [1.29, 1.82) is 0 Å². The number of carbonyl (C=O) groups is 1. The van der Waals surface area contributed by atoms with Crippen molar-refractivity contribution >= 4 is 21.6 Å². The molecule has 0 saturated heterocycles. The molecule has 1 aliphatic carbocycles. The standard InChI is InChI=1S/C14H21N3O3S/c1-2-16-21(19,20)12-7-4-3-6-11(12)17-13(18)14(10-15)8-5-9-14/h3-4,6-7,16H,2,5,8-10,15H2,1H3,(H,17,18). The first kappa shape index (κ1) is 15.9. The van der Waals surface area contributed by atoms with Crippen LogP contribution in [0.3, 0.4) is 0 Å². The van der Waals surface area contributed by atoms with Gasteiger partial charge >= 0.3 is 0 Å². The molecule has 1 aliphatic rings. The zero-order valence-corrected chi connectivity index (χ0v) is 12.9. The summed E-state index contributed by atoms with van der Waals surface area (Å²) in [6.07, 6.45) is 2.47. The average Bonchev–Trinajstić information content (AvgIpc) is 2.38. The lowest BCUT2D eigenvalue weighted by Gasteiger charge is -2.39. The number of rotatable bonds is 6. The molecule has 1 aromatic carbocycles. The molecule has 21 heavy (non-hydrogen) atoms. The van der Waals surface area contributed by atoms with Crippen LogP contribution in [0.4, 0.5) is 5.69 Å². The minimum absolute atomic E-state index is 0.0756. The van der Waals surface area contributed by atoms with E-state index in [1.165, 1.54) is 6.07 Å². The van der Waals surface area contributed by atoms with Gasteiger partial charge in [0.2, 0.25) is 15.9 Å². The molecule has 0 unspecified atom stereocenters. The van der Waals surface area contributed by atoms with Crippen LogP contribution in [0.2, 0.25) is 0 Å². The molecular weight excluding hydrogens is 290 g/mol. The normalized spacial score (nSPS) is 17.0. The summed E-state index contributed by atoms with van der Waals surface area (Å²) in [6.45, 7) is 2.27. The molecule has 4 N–H and O–H groups in total. The van der Waals surface area contributed by atoms with E-state index in [-0.39, 0.29) is 23.9 Å². The van der Waals surface area contributed by atoms with E-state index < -0.39 is 15.4 Å². The minimum atomic E-state index is -3.62. The van der Waals surface area contributed by atoms with Crippen LogP contribution in [0.5, 0.6) is 0 Å². The van der Waals surface area contributed by atoms with E-state index in [0.29, 0.717) is 5.69 Å². The Balaban J connectivity index is 2.27. The van der Waals surface area contributed by atoms with E-state index in [2.05, 4.69) is 10.0 Å². The van der Waals surface area contributed by atoms with E-state index in [4.69, 9.17) is 5.73 Å². The van der Waals surface area contributed by atoms with Gasteiger partial charge in [-0.3, -0.25) is 4.79 Å². The monoisotopic (exact) mass is 311 g/mol. The number of sulfonamides is 1. The third-order valence-electron chi connectivity index (χ3n) is 3.94. The smallest absolute Gasteiger partial charge is 0.242 e. The van der Waals surface area contributed by atoms with Crippen LogP contribution in [0.15, 0.2) is 29.2 Å². The van der Waals surface area contributed by atoms with Crippen LogP contribution >= 0.6 is 0 Å². The zero-order valence-electron chi connectivity index (χ0n) is 12.1. The molecule has 0 bridgehead atoms. The van der Waals surface area contributed by atoms with Crippen molar-refractivity contribution in [1.82, 2.24) is 4.72 Å². The molecule has 1 saturated carbocycles. The number of para-hydroxylation sites is 1. The molecule has 0 spiro atoms. The lowest BCUT2D eigenvalue weighted by atomic mass is 9.68. The second-order valence-corrected chi connectivity index (χ2v) is 7.02. The number of hydrogen-bond donors (Lipinski definition) is 3. The maximum absolute atomic E-state index is 12.4. The van der Waals surface area contributed by atoms with Gasteiger partial charge in [-0.25, -0.2) is 13.1 Å². The SMILES string of the molecule is CCNS(=O)(=O)c1ccccc1NC(=O)C1(CN)CCC1. The highest BCUT2D eigenvalue weighted by molar-refractivity contribution is 7.89. The first-order valence-corrected chi connectivity index (χ1v) is 8.54. The summed E-state index contributed by atoms with van der Waals surface area (Å²) < 4.78 is 26.7. The molecule has 1 amide bonds. The summed E-state index contributed by atoms with van der Waals surface area (Å²) in [5, 5.41) is 2.73. The second-order valence-electron chi connectivity index (χ2n) is 5.29. The topological polar surface area (TPSA) is 101 Å². The first-order chi connectivity index (χ1) is 9.95. The van der Waals surface area contributed by atoms with Crippen LogP contribution in [0, 0.1) is 5.41 Å². The molecule has 1 aromatic rings. The highest BCUT2D eigenvalue weighted by Gasteiger charge is 2.43. The fourth-order valence-corrected chi connectivity index (χ4v) is 3.66. The Morgan fingerprint density at radius 2 is 2.00 bits per heavy atom. The molecule has 0 atom stereocenters. The van der Waals surface area contributed by atoms with E-state index >= 15 is 0 Å². The Kier molecular flexibility index (Phi) is 4.65. The lowest BCUT2D eigenvalue weighted by molar-refractivity contribution is -0.129. The van der Waals surface area contributed by atoms with E-state index in [9.17, 15) is 13.2 Å². The Morgan fingerprint density at radius 1 is 1.33 bits per heavy atom. The molecule has 7 heteroatoms. The van der Waals surface area contributed by atoms with E-state index in [1.54, 1.807) is 25.1 Å². The van der Waals surface area contributed by atoms with Gasteiger partial charge < -0.3 is 11.1 Å². The van der Waals surface area contributed by atoms with Gasteiger partial charge in [-0.05, 0) is 25.0 Å². The minimum Gasteiger partial charge on any atom is -0.329 e. The Hall–Kier alpha value is -1.44. The lowest BCUT2D eigenvalue weighted by Crippen LogP contribution is -2.47. The molecule has 0 heterocycles. The molecule has 6 nitrogen and oxygen atoms in total. The van der Waals surface area contributed by atoms with Crippen molar-refractivity contribution in [2.75, 3.05) is 18.4 Å². The van der Waals surface area contributed by atoms with Crippen molar-refractivity contribution in [3.05, 3.63) is 24.3 Å². The number of nitrogens with one attached hydrogen (secondary N) is 2. The van der Waals surface area contributed by atoms with Crippen molar-refractivity contribution in [3.8, 4) is 0 Å². The summed E-state index contributed by atoms with van der Waals surface area (Å²) in [5.41, 5.74) is 5.45. The number of hydrogen-bond acceptors (Lipinski definition) is 4. The van der Waals surface area contributed by atoms with E-state index in [1.807, 2.05) is 0 Å². The molecule has 0 aliphatic heterocycles. The zero-order chi connectivity index (χ0) is 15.5. The molecule has 2 rings (SSSR count). The van der Waals surface area contributed by atoms with Crippen molar-refractivity contribution < 1.29 is 13.2 Å². The molecule has 1 fully saturated rings. The maximum Gasteiger partial charge on any atom is 0.242 e. The Labute approximate surface area is 125 Å². The van der Waals surface area contributed by atoms with Crippen LogP contribution in [-0.4, -0.2) is 27.4 Å². The van der Waals surface area contributed by atoms with Crippen LogP contribution in [-0.2, 0) is 14.8 Å². The van der Waals surface area contributed by atoms with Gasteiger partial charge in [-0.2, -0.15) is 0 Å². The van der Waals surface area contributed by atoms with Gasteiger partial charge in [-0.1, -0.05) is 25.5 Å². The predicted octanol–water partition coefficient (Wildman–Crippen LogP) is 1.05. The summed E-state index contributed by atoms with van der Waals surface area (Å²) >= 11 is 0. The first-order valence-electron chi connectivity index (χ1n) is 7.05. The molecule has 0 aromatic heterocycles. The molecule has 0 radical (unpaired) electrons. The molecule has 116 valence electrons. The van der Waals surface area contributed by atoms with Crippen molar-refractivity contribution in [2.24, 2.45) is 11.1 Å². The Bertz CT molecular complexity index is 619. The maximum atomic E-state index is 12.4. The van der Waals surface area contributed by atoms with E-state index in [0.717, 1.165) is 19.3 Å². The van der Waals surface area contributed by atoms with Crippen LogP contribution < -0.4 is 15.8 Å². The highest BCUT2D eigenvalue weighted by atomic mass is 32.2. The molecular formula is C14H21N3O3S. The third-order valence-corrected chi connectivity index (χ3v) is 5.55. The van der Waals surface area contributed by atoms with Gasteiger partial charge in [0, 0.05) is 13.1 Å². The average molecular weight is 311 g/mol. The largest absolute Gasteiger partial charge is 0.329 e. The number of nitrogens with two attached hydrogens (primary N) is 1. The van der Waals surface area contributed by atoms with Gasteiger partial charge in [0.25, 0.3) is 0 Å². The summed E-state index contributed by atoms with van der Waals surface area (Å²) in [6, 6.07) is 6.38. The predicted molar refractivity (Wildman–Crippen MR) is 81.3 cm³/mol. The Morgan fingerprint density at radius 3 is 2.52 bits per heavy atom. The number of carbonyl (C=O) groups excluding carboxylic acids is 1. The van der Waals surface area contributed by atoms with Gasteiger partial charge in [0.15, 0.2) is 0 Å². The third kappa shape index (κ3) is 3.09. The number of anilines is 1. The van der Waals surface area contributed by atoms with Gasteiger partial charge in [0.05, 0.1) is 11.1 Å². The highest BCUT2D eigenvalue weighted by Crippen LogP contribution is 2.41. The number of benzene rings is 1. The van der Waals surface area contributed by atoms with Crippen molar-refractivity contribution in [2.45, 2.75) is 31.1 Å². The summed E-state index contributed by atoms with van der Waals surface area (Å²) in [4.78, 5) is 12.5. The fraction of sp³-hybridized carbons (Fsp3) is 0.500. The van der Waals surface area contributed by atoms with Crippen LogP contribution in [0.25, 0.3) is 0 Å². The van der Waals surface area contributed by atoms with Gasteiger partial charge in [0.1, 0.15) is 4.90 Å². The summed E-state index contributed by atoms with van der Waals surface area (Å²) in [5.74, 6) is -0.199. The number of amides is 1.